The van der Waals surface area contributed by atoms with Gasteiger partial charge < -0.3 is 5.11 Å². The minimum Gasteiger partial charge on any atom is -0.376 e. The molecule has 6 rings (SSSR count). The van der Waals surface area contributed by atoms with Crippen LogP contribution in [0.2, 0.25) is 5.02 Å². The van der Waals surface area contributed by atoms with Gasteiger partial charge in [-0.2, -0.15) is 0 Å². The average Bonchev–Trinajstić information content (AvgIpc) is 3.04. The molecule has 0 bridgehead atoms. The van der Waals surface area contributed by atoms with Crippen molar-refractivity contribution in [3.8, 4) is 11.1 Å². The molecule has 0 unspecified atom stereocenters. The van der Waals surface area contributed by atoms with Gasteiger partial charge in [0.05, 0.1) is 0 Å². The van der Waals surface area contributed by atoms with Crippen molar-refractivity contribution in [3.05, 3.63) is 119 Å². The molecule has 0 radical (unpaired) electrons. The van der Waals surface area contributed by atoms with Gasteiger partial charge in [-0.25, -0.2) is 0 Å². The Labute approximate surface area is 173 Å². The van der Waals surface area contributed by atoms with E-state index in [1.54, 1.807) is 0 Å². The minimum absolute atomic E-state index is 0.684. The van der Waals surface area contributed by atoms with E-state index in [0.29, 0.717) is 5.02 Å². The second-order valence-corrected chi connectivity index (χ2v) is 8.08. The zero-order valence-electron chi connectivity index (χ0n) is 15.6. The van der Waals surface area contributed by atoms with E-state index in [0.717, 1.165) is 49.4 Å². The van der Waals surface area contributed by atoms with Gasteiger partial charge in [0, 0.05) is 21.7 Å². The molecule has 0 aromatic heterocycles. The normalized spacial score (nSPS) is 14.1. The van der Waals surface area contributed by atoms with Crippen LogP contribution in [0.25, 0.3) is 32.7 Å². The van der Waals surface area contributed by atoms with Gasteiger partial charge in [0.15, 0.2) is 0 Å². The molecule has 0 heterocycles. The van der Waals surface area contributed by atoms with Gasteiger partial charge in [-0.1, -0.05) is 96.5 Å². The molecule has 0 amide bonds. The summed E-state index contributed by atoms with van der Waals surface area (Å²) in [5.41, 5.74) is 3.52. The summed E-state index contributed by atoms with van der Waals surface area (Å²) in [4.78, 5) is 0. The predicted molar refractivity (Wildman–Crippen MR) is 120 cm³/mol. The molecular weight excluding hydrogens is 376 g/mol. The summed E-state index contributed by atoms with van der Waals surface area (Å²) in [6.07, 6.45) is 0. The number of hydrogen-bond donors (Lipinski definition) is 1. The van der Waals surface area contributed by atoms with Gasteiger partial charge in [0.2, 0.25) is 0 Å². The monoisotopic (exact) mass is 392 g/mol. The lowest BCUT2D eigenvalue weighted by Gasteiger charge is -2.29. The van der Waals surface area contributed by atoms with Crippen LogP contribution in [0, 0.1) is 0 Å². The van der Waals surface area contributed by atoms with Gasteiger partial charge in [-0.15, -0.1) is 0 Å². The largest absolute Gasteiger partial charge is 0.376 e. The lowest BCUT2D eigenvalue weighted by molar-refractivity contribution is 0.132. The first-order valence-electron chi connectivity index (χ1n) is 9.71. The Morgan fingerprint density at radius 3 is 1.83 bits per heavy atom. The molecule has 0 aliphatic heterocycles. The maximum atomic E-state index is 12.4. The van der Waals surface area contributed by atoms with E-state index in [2.05, 4.69) is 42.5 Å². The van der Waals surface area contributed by atoms with E-state index < -0.39 is 5.60 Å². The van der Waals surface area contributed by atoms with Crippen molar-refractivity contribution in [2.24, 2.45) is 0 Å². The molecule has 29 heavy (non-hydrogen) atoms. The number of halogens is 1. The minimum atomic E-state index is -1.22. The molecular formula is C27H17ClO. The topological polar surface area (TPSA) is 20.2 Å². The summed E-state index contributed by atoms with van der Waals surface area (Å²) in [5.74, 6) is 0. The van der Waals surface area contributed by atoms with Gasteiger partial charge in [0.1, 0.15) is 5.60 Å². The number of rotatable bonds is 2. The molecule has 1 aliphatic rings. The van der Waals surface area contributed by atoms with Crippen LogP contribution in [0.4, 0.5) is 0 Å². The lowest BCUT2D eigenvalue weighted by Crippen LogP contribution is -2.27. The Kier molecular flexibility index (Phi) is 3.44. The smallest absolute Gasteiger partial charge is 0.142 e. The Hall–Kier alpha value is -3.13. The summed E-state index contributed by atoms with van der Waals surface area (Å²) in [7, 11) is 0. The van der Waals surface area contributed by atoms with E-state index in [9.17, 15) is 5.11 Å². The van der Waals surface area contributed by atoms with E-state index in [-0.39, 0.29) is 0 Å². The summed E-state index contributed by atoms with van der Waals surface area (Å²) in [5, 5.41) is 17.7. The Morgan fingerprint density at radius 2 is 1.17 bits per heavy atom. The van der Waals surface area contributed by atoms with Gasteiger partial charge >= 0.3 is 0 Å². The Bertz CT molecular complexity index is 1370. The molecule has 1 nitrogen and oxygen atoms in total. The van der Waals surface area contributed by atoms with E-state index >= 15 is 0 Å². The zero-order chi connectivity index (χ0) is 19.6. The molecule has 138 valence electrons. The molecule has 0 saturated carbocycles. The van der Waals surface area contributed by atoms with Crippen LogP contribution in [-0.2, 0) is 5.60 Å². The Balaban J connectivity index is 1.74. The van der Waals surface area contributed by atoms with Crippen LogP contribution in [-0.4, -0.2) is 5.11 Å². The average molecular weight is 393 g/mol. The fourth-order valence-corrected chi connectivity index (χ4v) is 5.09. The molecule has 5 aromatic carbocycles. The lowest BCUT2D eigenvalue weighted by atomic mass is 9.80. The molecule has 0 fully saturated rings. The third-order valence-corrected chi connectivity index (χ3v) is 6.35. The molecule has 0 atom stereocenters. The van der Waals surface area contributed by atoms with Crippen LogP contribution in [0.15, 0.2) is 97.1 Å². The summed E-state index contributed by atoms with van der Waals surface area (Å²) in [6, 6.07) is 32.6. The van der Waals surface area contributed by atoms with Crippen molar-refractivity contribution in [1.82, 2.24) is 0 Å². The highest BCUT2D eigenvalue weighted by molar-refractivity contribution is 6.30. The fourth-order valence-electron chi connectivity index (χ4n) is 4.90. The quantitative estimate of drug-likeness (QED) is 0.323. The second-order valence-electron chi connectivity index (χ2n) is 7.64. The Morgan fingerprint density at radius 1 is 0.586 bits per heavy atom. The molecule has 0 spiro atoms. The summed E-state index contributed by atoms with van der Waals surface area (Å²) in [6.45, 7) is 0. The van der Waals surface area contributed by atoms with Gasteiger partial charge in [-0.3, -0.25) is 0 Å². The highest BCUT2D eigenvalue weighted by Gasteiger charge is 2.42. The van der Waals surface area contributed by atoms with E-state index in [4.69, 9.17) is 11.6 Å². The predicted octanol–water partition coefficient (Wildman–Crippen LogP) is 6.91. The maximum absolute atomic E-state index is 12.4. The molecule has 5 aromatic rings. The van der Waals surface area contributed by atoms with E-state index in [1.807, 2.05) is 54.6 Å². The number of hydrogen-bond acceptors (Lipinski definition) is 1. The highest BCUT2D eigenvalue weighted by atomic mass is 35.5. The first-order valence-corrected chi connectivity index (χ1v) is 10.1. The van der Waals surface area contributed by atoms with Crippen molar-refractivity contribution >= 4 is 33.1 Å². The molecule has 2 heteroatoms. The van der Waals surface area contributed by atoms with Crippen LogP contribution < -0.4 is 0 Å². The van der Waals surface area contributed by atoms with Crippen molar-refractivity contribution in [1.29, 1.82) is 0 Å². The third kappa shape index (κ3) is 2.20. The van der Waals surface area contributed by atoms with Gasteiger partial charge in [0.25, 0.3) is 0 Å². The first-order chi connectivity index (χ1) is 14.2. The van der Waals surface area contributed by atoms with Crippen LogP contribution in [0.1, 0.15) is 16.7 Å². The number of benzene rings is 5. The molecule has 1 N–H and O–H groups in total. The van der Waals surface area contributed by atoms with E-state index in [1.165, 1.54) is 0 Å². The van der Waals surface area contributed by atoms with Crippen molar-refractivity contribution < 1.29 is 5.11 Å². The third-order valence-electron chi connectivity index (χ3n) is 6.12. The zero-order valence-corrected chi connectivity index (χ0v) is 16.3. The highest BCUT2D eigenvalue weighted by Crippen LogP contribution is 2.52. The maximum Gasteiger partial charge on any atom is 0.142 e. The standard InChI is InChI=1S/C27H17ClO/c28-20-9-3-8-19(16-20)21-10-1-2-11-22(21)27(29)23-12-4-6-17-14-15-18-7-5-13-24(27)26(18)25(17)23/h1-16,29H. The SMILES string of the molecule is OC1(c2ccccc2-c2cccc(Cl)c2)c2cccc3ccc4cccc1c4c23. The fraction of sp³-hybridized carbons (Fsp3) is 0.0370. The molecule has 1 aliphatic carbocycles. The summed E-state index contributed by atoms with van der Waals surface area (Å²) < 4.78 is 0. The van der Waals surface area contributed by atoms with Crippen LogP contribution in [0.3, 0.4) is 0 Å². The number of aliphatic hydroxyl groups is 1. The van der Waals surface area contributed by atoms with Crippen LogP contribution in [0.5, 0.6) is 0 Å². The van der Waals surface area contributed by atoms with Crippen molar-refractivity contribution in [3.63, 3.8) is 0 Å². The first kappa shape index (κ1) is 16.8. The summed E-state index contributed by atoms with van der Waals surface area (Å²) >= 11 is 6.28. The van der Waals surface area contributed by atoms with Crippen molar-refractivity contribution in [2.75, 3.05) is 0 Å². The van der Waals surface area contributed by atoms with Gasteiger partial charge in [-0.05, 0) is 44.8 Å². The second kappa shape index (κ2) is 5.93. The molecule has 0 saturated heterocycles. The van der Waals surface area contributed by atoms with Crippen LogP contribution >= 0.6 is 11.6 Å². The van der Waals surface area contributed by atoms with Crippen molar-refractivity contribution in [2.45, 2.75) is 5.60 Å².